The first-order valence-electron chi connectivity index (χ1n) is 11.7. The van der Waals surface area contributed by atoms with Crippen molar-refractivity contribution in [3.8, 4) is 11.3 Å². The molecule has 8 heteroatoms. The normalized spacial score (nSPS) is 17.6. The van der Waals surface area contributed by atoms with Crippen LogP contribution in [-0.4, -0.2) is 59.3 Å². The lowest BCUT2D eigenvalue weighted by Gasteiger charge is -2.32. The number of nitrogens with zero attached hydrogens (tertiary/aromatic N) is 7. The second-order valence-electron chi connectivity index (χ2n) is 9.30. The highest BCUT2D eigenvalue weighted by Crippen LogP contribution is 2.32. The van der Waals surface area contributed by atoms with Crippen LogP contribution in [0.5, 0.6) is 0 Å². The van der Waals surface area contributed by atoms with Gasteiger partial charge < -0.3 is 4.90 Å². The van der Waals surface area contributed by atoms with E-state index in [9.17, 15) is 4.79 Å². The van der Waals surface area contributed by atoms with E-state index in [4.69, 9.17) is 0 Å². The Hall–Kier alpha value is -3.39. The minimum absolute atomic E-state index is 0.0463. The maximum Gasteiger partial charge on any atom is 0.171 e. The summed E-state index contributed by atoms with van der Waals surface area (Å²) in [4.78, 5) is 24.6. The smallest absolute Gasteiger partial charge is 0.171 e. The first-order chi connectivity index (χ1) is 16.1. The molecule has 168 valence electrons. The minimum Gasteiger partial charge on any atom is -0.300 e. The summed E-state index contributed by atoms with van der Waals surface area (Å²) in [5.41, 5.74) is 3.23. The number of piperidine rings is 1. The Bertz CT molecular complexity index is 1310. The molecule has 2 aliphatic rings. The van der Waals surface area contributed by atoms with Crippen LogP contribution in [0.1, 0.15) is 47.8 Å². The number of Topliss-reactive ketones (excluding diaryl/α,β-unsaturated/α-hetero) is 1. The lowest BCUT2D eigenvalue weighted by Crippen LogP contribution is -2.36. The maximum absolute atomic E-state index is 13.0. The number of ketones is 1. The van der Waals surface area contributed by atoms with E-state index >= 15 is 0 Å². The molecule has 4 aromatic rings. The topological polar surface area (TPSA) is 81.7 Å². The van der Waals surface area contributed by atoms with Crippen molar-refractivity contribution in [1.82, 2.24) is 34.4 Å². The molecule has 1 saturated heterocycles. The molecule has 33 heavy (non-hydrogen) atoms. The molecule has 0 aromatic carbocycles. The van der Waals surface area contributed by atoms with Crippen molar-refractivity contribution < 1.29 is 4.79 Å². The molecule has 0 amide bonds. The van der Waals surface area contributed by atoms with Gasteiger partial charge in [0.25, 0.3) is 0 Å². The number of aromatic nitrogens is 6. The zero-order valence-electron chi connectivity index (χ0n) is 18.8. The van der Waals surface area contributed by atoms with Crippen LogP contribution in [0.3, 0.4) is 0 Å². The van der Waals surface area contributed by atoms with Gasteiger partial charge in [-0.2, -0.15) is 10.2 Å². The second kappa shape index (κ2) is 8.19. The number of carbonyl (C=O) groups is 1. The highest BCUT2D eigenvalue weighted by molar-refractivity contribution is 5.97. The number of hydrogen-bond donors (Lipinski definition) is 0. The summed E-state index contributed by atoms with van der Waals surface area (Å²) in [6, 6.07) is 5.21. The Balaban J connectivity index is 1.15. The van der Waals surface area contributed by atoms with E-state index in [0.29, 0.717) is 11.6 Å². The number of pyridine rings is 2. The molecule has 5 heterocycles. The molecule has 4 aromatic heterocycles. The molecule has 8 nitrogen and oxygen atoms in total. The summed E-state index contributed by atoms with van der Waals surface area (Å²) in [6.07, 6.45) is 16.1. The van der Waals surface area contributed by atoms with Gasteiger partial charge in [0.2, 0.25) is 0 Å². The van der Waals surface area contributed by atoms with Gasteiger partial charge in [0.15, 0.2) is 5.78 Å². The number of fused-ring (bicyclic) bond motifs is 1. The number of likely N-dealkylation sites (tertiary alicyclic amines) is 1. The van der Waals surface area contributed by atoms with Crippen molar-refractivity contribution >= 4 is 16.6 Å². The molecule has 2 fully saturated rings. The van der Waals surface area contributed by atoms with Gasteiger partial charge in [-0.1, -0.05) is 0 Å². The van der Waals surface area contributed by atoms with Crippen molar-refractivity contribution in [1.29, 1.82) is 0 Å². The van der Waals surface area contributed by atoms with Gasteiger partial charge in [-0.05, 0) is 43.2 Å². The van der Waals surface area contributed by atoms with Crippen molar-refractivity contribution in [3.63, 3.8) is 0 Å². The number of rotatable bonds is 6. The molecule has 0 atom stereocenters. The first kappa shape index (κ1) is 20.2. The van der Waals surface area contributed by atoms with Crippen LogP contribution in [0.15, 0.2) is 49.3 Å². The quantitative estimate of drug-likeness (QED) is 0.426. The fourth-order valence-corrected chi connectivity index (χ4v) is 4.80. The van der Waals surface area contributed by atoms with Crippen LogP contribution < -0.4 is 0 Å². The fraction of sp³-hybridized carbons (Fsp3) is 0.400. The molecule has 1 aliphatic carbocycles. The lowest BCUT2D eigenvalue weighted by molar-refractivity contribution is 0.0991. The van der Waals surface area contributed by atoms with E-state index in [2.05, 4.69) is 25.1 Å². The van der Waals surface area contributed by atoms with Crippen LogP contribution in [0, 0.1) is 0 Å². The molecule has 0 N–H and O–H groups in total. The van der Waals surface area contributed by atoms with Gasteiger partial charge in [0, 0.05) is 67.6 Å². The van der Waals surface area contributed by atoms with Crippen LogP contribution in [0.4, 0.5) is 0 Å². The first-order valence-corrected chi connectivity index (χ1v) is 11.7. The Labute approximate surface area is 192 Å². The summed E-state index contributed by atoms with van der Waals surface area (Å²) in [5.74, 6) is 0.0463. The number of aryl methyl sites for hydroxylation is 1. The van der Waals surface area contributed by atoms with Crippen molar-refractivity contribution in [2.24, 2.45) is 7.05 Å². The van der Waals surface area contributed by atoms with Gasteiger partial charge in [0.1, 0.15) is 0 Å². The van der Waals surface area contributed by atoms with Crippen molar-refractivity contribution in [2.45, 2.75) is 44.2 Å². The van der Waals surface area contributed by atoms with Crippen LogP contribution in [-0.2, 0) is 13.5 Å². The number of carbonyl (C=O) groups excluding carboxylic acids is 1. The Morgan fingerprint density at radius 1 is 0.909 bits per heavy atom. The molecule has 1 saturated carbocycles. The Kier molecular flexibility index (Phi) is 5.02. The molecule has 0 spiro atoms. The van der Waals surface area contributed by atoms with Gasteiger partial charge in [-0.3, -0.25) is 24.1 Å². The third-order valence-corrected chi connectivity index (χ3v) is 6.86. The molecule has 1 aliphatic heterocycles. The van der Waals surface area contributed by atoms with Gasteiger partial charge in [-0.25, -0.2) is 0 Å². The van der Waals surface area contributed by atoms with Gasteiger partial charge in [-0.15, -0.1) is 0 Å². The monoisotopic (exact) mass is 441 g/mol. The third kappa shape index (κ3) is 4.18. The van der Waals surface area contributed by atoms with E-state index in [1.807, 2.05) is 42.5 Å². The zero-order valence-corrected chi connectivity index (χ0v) is 18.8. The number of hydrogen-bond acceptors (Lipinski definition) is 6. The molecule has 0 bridgehead atoms. The summed E-state index contributed by atoms with van der Waals surface area (Å²) in [6.45, 7) is 2.27. The summed E-state index contributed by atoms with van der Waals surface area (Å²) in [7, 11) is 1.89. The largest absolute Gasteiger partial charge is 0.300 e. The standard InChI is InChI=1S/C25H27N7O/c1-30-15-19(13-28-30)24-9-17-8-21(26-11-18(17)12-27-24)10-25(33)20-14-29-32(16-20)23-4-6-31(7-5-23)22-2-3-22/h8-9,11-16,22-23H,2-7,10H2,1H3. The molecule has 0 radical (unpaired) electrons. The summed E-state index contributed by atoms with van der Waals surface area (Å²) < 4.78 is 3.76. The van der Waals surface area contributed by atoms with Crippen molar-refractivity contribution in [2.75, 3.05) is 13.1 Å². The van der Waals surface area contributed by atoms with E-state index in [0.717, 1.165) is 59.7 Å². The zero-order chi connectivity index (χ0) is 22.4. The molecule has 6 rings (SSSR count). The average molecular weight is 442 g/mol. The summed E-state index contributed by atoms with van der Waals surface area (Å²) in [5, 5.41) is 10.7. The Morgan fingerprint density at radius 3 is 2.48 bits per heavy atom. The molecular weight excluding hydrogens is 414 g/mol. The van der Waals surface area contributed by atoms with E-state index in [1.165, 1.54) is 12.8 Å². The molecule has 0 unspecified atom stereocenters. The maximum atomic E-state index is 13.0. The van der Waals surface area contributed by atoms with Gasteiger partial charge in [0.05, 0.1) is 36.1 Å². The predicted octanol–water partition coefficient (Wildman–Crippen LogP) is 3.45. The minimum atomic E-state index is 0.0463. The van der Waals surface area contributed by atoms with Crippen molar-refractivity contribution in [3.05, 3.63) is 60.6 Å². The lowest BCUT2D eigenvalue weighted by atomic mass is 10.0. The summed E-state index contributed by atoms with van der Waals surface area (Å²) >= 11 is 0. The Morgan fingerprint density at radius 2 is 1.73 bits per heavy atom. The second-order valence-corrected chi connectivity index (χ2v) is 9.30. The van der Waals surface area contributed by atoms with E-state index in [1.54, 1.807) is 23.3 Å². The SMILES string of the molecule is Cn1cc(-c2cc3cc(CC(=O)c4cnn(C5CCN(C6CC6)CC5)c4)ncc3cn2)cn1. The highest BCUT2D eigenvalue weighted by atomic mass is 16.1. The third-order valence-electron chi connectivity index (χ3n) is 6.86. The highest BCUT2D eigenvalue weighted by Gasteiger charge is 2.32. The van der Waals surface area contributed by atoms with E-state index < -0.39 is 0 Å². The average Bonchev–Trinajstić information content (AvgIpc) is 3.40. The van der Waals surface area contributed by atoms with Gasteiger partial charge >= 0.3 is 0 Å². The molecular formula is C25H27N7O. The van der Waals surface area contributed by atoms with Crippen LogP contribution in [0.2, 0.25) is 0 Å². The predicted molar refractivity (Wildman–Crippen MR) is 125 cm³/mol. The van der Waals surface area contributed by atoms with E-state index in [-0.39, 0.29) is 12.2 Å². The fourth-order valence-electron chi connectivity index (χ4n) is 4.80. The van der Waals surface area contributed by atoms with Crippen LogP contribution in [0.25, 0.3) is 22.0 Å². The van der Waals surface area contributed by atoms with Crippen LogP contribution >= 0.6 is 0 Å².